The highest BCUT2D eigenvalue weighted by Gasteiger charge is 2.18. The van der Waals surface area contributed by atoms with Crippen molar-refractivity contribution < 1.29 is 4.74 Å². The quantitative estimate of drug-likeness (QED) is 0.868. The van der Waals surface area contributed by atoms with Gasteiger partial charge in [0.2, 0.25) is 0 Å². The van der Waals surface area contributed by atoms with Crippen molar-refractivity contribution in [1.29, 1.82) is 0 Å². The minimum Gasteiger partial charge on any atom is -0.381 e. The van der Waals surface area contributed by atoms with Gasteiger partial charge in [0.05, 0.1) is 0 Å². The van der Waals surface area contributed by atoms with Gasteiger partial charge in [0, 0.05) is 37.4 Å². The Labute approximate surface area is 103 Å². The maximum absolute atomic E-state index is 5.39. The van der Waals surface area contributed by atoms with Crippen molar-refractivity contribution in [2.45, 2.75) is 33.6 Å². The normalized spacial score (nSPS) is 19.6. The van der Waals surface area contributed by atoms with Gasteiger partial charge >= 0.3 is 0 Å². The van der Waals surface area contributed by atoms with Gasteiger partial charge in [-0.25, -0.2) is 9.97 Å². The molecule has 0 saturated carbocycles. The highest BCUT2D eigenvalue weighted by Crippen LogP contribution is 2.20. The van der Waals surface area contributed by atoms with E-state index < -0.39 is 0 Å². The van der Waals surface area contributed by atoms with Gasteiger partial charge in [-0.2, -0.15) is 0 Å². The minimum absolute atomic E-state index is 0.589. The molecule has 17 heavy (non-hydrogen) atoms. The van der Waals surface area contributed by atoms with Crippen LogP contribution in [0.4, 0.5) is 5.82 Å². The monoisotopic (exact) mass is 235 g/mol. The Balaban J connectivity index is 2.16. The van der Waals surface area contributed by atoms with Gasteiger partial charge in [0.25, 0.3) is 0 Å². The van der Waals surface area contributed by atoms with Crippen LogP contribution in [0, 0.1) is 19.8 Å². The Morgan fingerprint density at radius 1 is 1.35 bits per heavy atom. The molecule has 1 aliphatic rings. The highest BCUT2D eigenvalue weighted by molar-refractivity contribution is 5.45. The summed E-state index contributed by atoms with van der Waals surface area (Å²) in [5.41, 5.74) is 2.23. The summed E-state index contributed by atoms with van der Waals surface area (Å²) in [7, 11) is 0. The van der Waals surface area contributed by atoms with Crippen molar-refractivity contribution in [3.8, 4) is 0 Å². The molecule has 1 N–H and O–H groups in total. The van der Waals surface area contributed by atoms with Crippen molar-refractivity contribution in [2.24, 2.45) is 5.92 Å². The number of nitrogens with zero attached hydrogens (tertiary/aromatic N) is 2. The fourth-order valence-electron chi connectivity index (χ4n) is 2.12. The second-order valence-electron chi connectivity index (χ2n) is 4.66. The summed E-state index contributed by atoms with van der Waals surface area (Å²) in [4.78, 5) is 9.18. The topological polar surface area (TPSA) is 47.0 Å². The zero-order chi connectivity index (χ0) is 12.3. The smallest absolute Gasteiger partial charge is 0.132 e. The zero-order valence-corrected chi connectivity index (χ0v) is 10.9. The Morgan fingerprint density at radius 2 is 2.18 bits per heavy atom. The molecule has 4 nitrogen and oxygen atoms in total. The summed E-state index contributed by atoms with van der Waals surface area (Å²) in [6.45, 7) is 8.83. The number of aryl methyl sites for hydroxylation is 1. The summed E-state index contributed by atoms with van der Waals surface area (Å²) in [5.74, 6) is 2.51. The Morgan fingerprint density at radius 3 is 2.82 bits per heavy atom. The number of hydrogen-bond acceptors (Lipinski definition) is 4. The lowest BCUT2D eigenvalue weighted by atomic mass is 10.0. The van der Waals surface area contributed by atoms with E-state index in [4.69, 9.17) is 4.74 Å². The third kappa shape index (κ3) is 2.94. The zero-order valence-electron chi connectivity index (χ0n) is 10.9. The van der Waals surface area contributed by atoms with E-state index in [0.717, 1.165) is 55.5 Å². The maximum Gasteiger partial charge on any atom is 0.132 e. The molecule has 0 radical (unpaired) electrons. The van der Waals surface area contributed by atoms with Gasteiger partial charge in [0.1, 0.15) is 11.6 Å². The van der Waals surface area contributed by atoms with Crippen LogP contribution >= 0.6 is 0 Å². The molecule has 1 aromatic rings. The van der Waals surface area contributed by atoms with Crippen LogP contribution in [0.15, 0.2) is 0 Å². The summed E-state index contributed by atoms with van der Waals surface area (Å²) in [6.07, 6.45) is 2.06. The van der Waals surface area contributed by atoms with Crippen LogP contribution in [0.1, 0.15) is 30.4 Å². The molecule has 1 saturated heterocycles. The van der Waals surface area contributed by atoms with Crippen LogP contribution in [0.3, 0.4) is 0 Å². The first kappa shape index (κ1) is 12.3. The van der Waals surface area contributed by atoms with Crippen molar-refractivity contribution in [3.63, 3.8) is 0 Å². The Kier molecular flexibility index (Phi) is 3.94. The average molecular weight is 235 g/mol. The second kappa shape index (κ2) is 5.45. The summed E-state index contributed by atoms with van der Waals surface area (Å²) < 4.78 is 5.39. The van der Waals surface area contributed by atoms with E-state index in [1.165, 1.54) is 0 Å². The van der Waals surface area contributed by atoms with E-state index in [2.05, 4.69) is 29.1 Å². The molecule has 2 heterocycles. The Hall–Kier alpha value is -1.16. The third-order valence-corrected chi connectivity index (χ3v) is 3.27. The number of nitrogens with one attached hydrogen (secondary N) is 1. The number of rotatable bonds is 4. The molecule has 0 spiro atoms. The van der Waals surface area contributed by atoms with Gasteiger partial charge in [-0.05, 0) is 33.1 Å². The fourth-order valence-corrected chi connectivity index (χ4v) is 2.12. The third-order valence-electron chi connectivity index (χ3n) is 3.27. The minimum atomic E-state index is 0.589. The van der Waals surface area contributed by atoms with Crippen LogP contribution < -0.4 is 5.32 Å². The first-order valence-electron chi connectivity index (χ1n) is 6.36. The molecule has 1 aliphatic heterocycles. The first-order chi connectivity index (χ1) is 8.20. The van der Waals surface area contributed by atoms with Crippen LogP contribution in [0.2, 0.25) is 0 Å². The lowest BCUT2D eigenvalue weighted by Gasteiger charge is -2.12. The van der Waals surface area contributed by atoms with E-state index in [-0.39, 0.29) is 0 Å². The number of ether oxygens (including phenoxy) is 1. The predicted octanol–water partition coefficient (Wildman–Crippen LogP) is 2.10. The van der Waals surface area contributed by atoms with Gasteiger partial charge in [-0.3, -0.25) is 0 Å². The number of anilines is 1. The average Bonchev–Trinajstić information content (AvgIpc) is 2.78. The van der Waals surface area contributed by atoms with Crippen molar-refractivity contribution in [2.75, 3.05) is 25.1 Å². The highest BCUT2D eigenvalue weighted by atomic mass is 16.5. The molecule has 94 valence electrons. The van der Waals surface area contributed by atoms with Gasteiger partial charge in [0.15, 0.2) is 0 Å². The second-order valence-corrected chi connectivity index (χ2v) is 4.66. The molecule has 0 amide bonds. The van der Waals surface area contributed by atoms with Gasteiger partial charge < -0.3 is 10.1 Å². The summed E-state index contributed by atoms with van der Waals surface area (Å²) in [5, 5.41) is 3.30. The number of aromatic nitrogens is 2. The number of hydrogen-bond donors (Lipinski definition) is 1. The molecule has 1 fully saturated rings. The van der Waals surface area contributed by atoms with Crippen molar-refractivity contribution in [3.05, 3.63) is 17.1 Å². The van der Waals surface area contributed by atoms with Crippen LogP contribution in [0.25, 0.3) is 0 Å². The molecule has 4 heteroatoms. The van der Waals surface area contributed by atoms with Crippen molar-refractivity contribution >= 4 is 5.82 Å². The van der Waals surface area contributed by atoms with Crippen LogP contribution in [-0.2, 0) is 11.2 Å². The summed E-state index contributed by atoms with van der Waals surface area (Å²) in [6, 6.07) is 0. The van der Waals surface area contributed by atoms with E-state index in [1.54, 1.807) is 0 Å². The molecule has 2 rings (SSSR count). The van der Waals surface area contributed by atoms with E-state index in [1.807, 2.05) is 6.92 Å². The lowest BCUT2D eigenvalue weighted by Crippen LogP contribution is -2.12. The van der Waals surface area contributed by atoms with E-state index >= 15 is 0 Å². The molecule has 0 aliphatic carbocycles. The van der Waals surface area contributed by atoms with Gasteiger partial charge in [-0.15, -0.1) is 0 Å². The van der Waals surface area contributed by atoms with Gasteiger partial charge in [-0.1, -0.05) is 0 Å². The predicted molar refractivity (Wildman–Crippen MR) is 68.3 cm³/mol. The molecule has 0 aromatic carbocycles. The maximum atomic E-state index is 5.39. The molecule has 1 atom stereocenters. The van der Waals surface area contributed by atoms with E-state index in [9.17, 15) is 0 Å². The SMILES string of the molecule is CCNc1nc(CC2CCOC2)nc(C)c1C. The summed E-state index contributed by atoms with van der Waals surface area (Å²) >= 11 is 0. The molecule has 1 unspecified atom stereocenters. The largest absolute Gasteiger partial charge is 0.381 e. The van der Waals surface area contributed by atoms with E-state index in [0.29, 0.717) is 5.92 Å². The van der Waals surface area contributed by atoms with Crippen LogP contribution in [-0.4, -0.2) is 29.7 Å². The fraction of sp³-hybridized carbons (Fsp3) is 0.692. The standard InChI is InChI=1S/C13H21N3O/c1-4-14-13-9(2)10(3)15-12(16-13)7-11-5-6-17-8-11/h11H,4-8H2,1-3H3,(H,14,15,16). The first-order valence-corrected chi connectivity index (χ1v) is 6.36. The van der Waals surface area contributed by atoms with Crippen LogP contribution in [0.5, 0.6) is 0 Å². The van der Waals surface area contributed by atoms with Crippen molar-refractivity contribution in [1.82, 2.24) is 9.97 Å². The molecule has 0 bridgehead atoms. The Bertz CT molecular complexity index is 386. The molecular formula is C13H21N3O. The molecule has 1 aromatic heterocycles. The lowest BCUT2D eigenvalue weighted by molar-refractivity contribution is 0.185. The molecular weight excluding hydrogens is 214 g/mol.